The van der Waals surface area contributed by atoms with Crippen molar-refractivity contribution in [3.05, 3.63) is 90.0 Å². The number of carbonyl (C=O) groups is 2. The van der Waals surface area contributed by atoms with E-state index in [0.717, 1.165) is 18.1 Å². The molecule has 4 rings (SSSR count). The van der Waals surface area contributed by atoms with Crippen LogP contribution in [0.15, 0.2) is 83.8 Å². The maximum atomic E-state index is 13.1. The first-order valence-corrected chi connectivity index (χ1v) is 12.6. The summed E-state index contributed by atoms with van der Waals surface area (Å²) >= 11 is 0. The summed E-state index contributed by atoms with van der Waals surface area (Å²) in [5.74, 6) is -1.13. The minimum atomic E-state index is -3.64. The van der Waals surface area contributed by atoms with Gasteiger partial charge < -0.3 is 15.7 Å². The van der Waals surface area contributed by atoms with Crippen molar-refractivity contribution in [1.29, 1.82) is 5.41 Å². The van der Waals surface area contributed by atoms with Crippen LogP contribution in [0.5, 0.6) is 0 Å². The summed E-state index contributed by atoms with van der Waals surface area (Å²) in [6.07, 6.45) is 0. The molecule has 1 aliphatic heterocycles. The number of nitrogen functional groups attached to an aromatic ring is 1. The Labute approximate surface area is 210 Å². The van der Waals surface area contributed by atoms with Gasteiger partial charge in [0.1, 0.15) is 5.84 Å². The van der Waals surface area contributed by atoms with E-state index in [9.17, 15) is 13.2 Å². The number of nitrogens with two attached hydrogens (primary N) is 1. The summed E-state index contributed by atoms with van der Waals surface area (Å²) in [6, 6.07) is 23.3. The number of piperazine rings is 1. The second kappa shape index (κ2) is 11.6. The van der Waals surface area contributed by atoms with Crippen LogP contribution in [0.4, 0.5) is 0 Å². The number of benzene rings is 3. The zero-order chi connectivity index (χ0) is 26.3. The molecule has 1 heterocycles. The van der Waals surface area contributed by atoms with Crippen LogP contribution >= 0.6 is 0 Å². The van der Waals surface area contributed by atoms with Crippen LogP contribution in [0.25, 0.3) is 11.1 Å². The number of rotatable bonds is 5. The molecule has 0 radical (unpaired) electrons. The third-order valence-electron chi connectivity index (χ3n) is 5.55. The molecule has 1 aliphatic rings. The first-order chi connectivity index (χ1) is 17.1. The molecule has 9 nitrogen and oxygen atoms in total. The molecule has 188 valence electrons. The summed E-state index contributed by atoms with van der Waals surface area (Å²) in [5.41, 5.74) is 8.41. The van der Waals surface area contributed by atoms with Gasteiger partial charge in [-0.3, -0.25) is 15.0 Å². The molecule has 0 unspecified atom stereocenters. The molecule has 0 atom stereocenters. The van der Waals surface area contributed by atoms with Gasteiger partial charge in [-0.15, -0.1) is 0 Å². The van der Waals surface area contributed by atoms with Gasteiger partial charge in [0.25, 0.3) is 11.9 Å². The number of amidine groups is 1. The van der Waals surface area contributed by atoms with E-state index < -0.39 is 16.0 Å². The number of hydrogen-bond donors (Lipinski definition) is 3. The van der Waals surface area contributed by atoms with Crippen LogP contribution in [-0.2, 0) is 14.8 Å². The van der Waals surface area contributed by atoms with E-state index in [1.165, 1.54) is 4.31 Å². The number of carboxylic acids is 1. The van der Waals surface area contributed by atoms with Gasteiger partial charge in [-0.25, -0.2) is 8.42 Å². The van der Waals surface area contributed by atoms with Crippen molar-refractivity contribution in [2.24, 2.45) is 5.73 Å². The predicted octanol–water partition coefficient (Wildman–Crippen LogP) is 2.88. The van der Waals surface area contributed by atoms with Gasteiger partial charge in [-0.1, -0.05) is 54.6 Å². The zero-order valence-corrected chi connectivity index (χ0v) is 20.6. The first kappa shape index (κ1) is 26.6. The number of nitrogens with one attached hydrogen (secondary N) is 1. The van der Waals surface area contributed by atoms with Gasteiger partial charge in [0.2, 0.25) is 10.0 Å². The zero-order valence-electron chi connectivity index (χ0n) is 19.8. The van der Waals surface area contributed by atoms with Crippen molar-refractivity contribution in [2.75, 3.05) is 26.2 Å². The molecule has 36 heavy (non-hydrogen) atoms. The van der Waals surface area contributed by atoms with Gasteiger partial charge in [0.05, 0.1) is 4.90 Å². The molecule has 0 aliphatic carbocycles. The van der Waals surface area contributed by atoms with Crippen LogP contribution in [0.2, 0.25) is 0 Å². The highest BCUT2D eigenvalue weighted by atomic mass is 32.2. The summed E-state index contributed by atoms with van der Waals surface area (Å²) in [7, 11) is -3.64. The lowest BCUT2D eigenvalue weighted by molar-refractivity contribution is -0.134. The van der Waals surface area contributed by atoms with Crippen LogP contribution in [0.1, 0.15) is 22.8 Å². The largest absolute Gasteiger partial charge is 0.481 e. The second-order valence-corrected chi connectivity index (χ2v) is 10.0. The Hall–Kier alpha value is -4.02. The third-order valence-corrected chi connectivity index (χ3v) is 7.46. The van der Waals surface area contributed by atoms with Gasteiger partial charge in [-0.05, 0) is 35.4 Å². The van der Waals surface area contributed by atoms with Gasteiger partial charge in [0.15, 0.2) is 0 Å². The van der Waals surface area contributed by atoms with Crippen molar-refractivity contribution in [3.8, 4) is 11.1 Å². The Morgan fingerprint density at radius 3 is 1.92 bits per heavy atom. The molecule has 1 saturated heterocycles. The number of amides is 1. The van der Waals surface area contributed by atoms with Crippen LogP contribution < -0.4 is 5.73 Å². The highest BCUT2D eigenvalue weighted by Crippen LogP contribution is 2.24. The number of nitrogens with zero attached hydrogens (tertiary/aromatic N) is 2. The van der Waals surface area contributed by atoms with Crippen LogP contribution in [0.3, 0.4) is 0 Å². The molecule has 0 spiro atoms. The summed E-state index contributed by atoms with van der Waals surface area (Å²) in [4.78, 5) is 23.7. The van der Waals surface area contributed by atoms with Crippen molar-refractivity contribution >= 4 is 27.7 Å². The first-order valence-electron chi connectivity index (χ1n) is 11.2. The standard InChI is InChI=1S/C24H24N4O3S.C2H4O2/c25-23(26)20-7-4-8-21(17-20)24(29)27-13-15-28(16-14-27)32(30,31)22-11-9-19(10-12-22)18-5-2-1-3-6-18;1-2(3)4/h1-12,17H,13-16H2,(H3,25,26);1H3,(H,3,4). The SMILES string of the molecule is CC(=O)O.N=C(N)c1cccc(C(=O)N2CCN(S(=O)(=O)c3ccc(-c4ccccc4)cc3)CC2)c1. The summed E-state index contributed by atoms with van der Waals surface area (Å²) in [6.45, 7) is 2.12. The number of sulfonamides is 1. The van der Waals surface area contributed by atoms with Crippen LogP contribution in [-0.4, -0.2) is 66.6 Å². The maximum Gasteiger partial charge on any atom is 0.300 e. The molecular formula is C26H28N4O5S. The Morgan fingerprint density at radius 2 is 1.36 bits per heavy atom. The van der Waals surface area contributed by atoms with E-state index in [0.29, 0.717) is 24.2 Å². The minimum absolute atomic E-state index is 0.103. The van der Waals surface area contributed by atoms with E-state index in [4.69, 9.17) is 21.0 Å². The molecule has 0 bridgehead atoms. The fraction of sp³-hybridized carbons (Fsp3) is 0.192. The molecule has 1 fully saturated rings. The molecule has 10 heteroatoms. The lowest BCUT2D eigenvalue weighted by atomic mass is 10.1. The average Bonchev–Trinajstić information content (AvgIpc) is 2.88. The predicted molar refractivity (Wildman–Crippen MR) is 137 cm³/mol. The Balaban J connectivity index is 0.000000840. The Bertz CT molecular complexity index is 1330. The summed E-state index contributed by atoms with van der Waals surface area (Å²) in [5, 5.41) is 15.0. The summed E-state index contributed by atoms with van der Waals surface area (Å²) < 4.78 is 27.6. The highest BCUT2D eigenvalue weighted by Gasteiger charge is 2.30. The smallest absolute Gasteiger partial charge is 0.300 e. The molecule has 4 N–H and O–H groups in total. The second-order valence-electron chi connectivity index (χ2n) is 8.10. The molecular weight excluding hydrogens is 480 g/mol. The third kappa shape index (κ3) is 6.55. The number of hydrogen-bond acceptors (Lipinski definition) is 5. The van der Waals surface area contributed by atoms with Crippen molar-refractivity contribution < 1.29 is 23.1 Å². The van der Waals surface area contributed by atoms with Gasteiger partial charge in [0, 0.05) is 44.2 Å². The quantitative estimate of drug-likeness (QED) is 0.357. The molecule has 0 saturated carbocycles. The monoisotopic (exact) mass is 508 g/mol. The fourth-order valence-electron chi connectivity index (χ4n) is 3.73. The van der Waals surface area contributed by atoms with E-state index in [2.05, 4.69) is 0 Å². The molecule has 3 aromatic carbocycles. The lowest BCUT2D eigenvalue weighted by Gasteiger charge is -2.34. The van der Waals surface area contributed by atoms with E-state index >= 15 is 0 Å². The average molecular weight is 509 g/mol. The van der Waals surface area contributed by atoms with Gasteiger partial charge in [-0.2, -0.15) is 4.31 Å². The molecule has 0 aromatic heterocycles. The number of carbonyl (C=O) groups excluding carboxylic acids is 1. The normalized spacial score (nSPS) is 13.9. The topological polar surface area (TPSA) is 145 Å². The van der Waals surface area contributed by atoms with Crippen molar-refractivity contribution in [3.63, 3.8) is 0 Å². The fourth-order valence-corrected chi connectivity index (χ4v) is 5.16. The Morgan fingerprint density at radius 1 is 0.833 bits per heavy atom. The van der Waals surface area contributed by atoms with E-state index in [1.54, 1.807) is 41.3 Å². The molecule has 1 amide bonds. The number of carboxylic acid groups (broad SMARTS) is 1. The number of aliphatic carboxylic acids is 1. The van der Waals surface area contributed by atoms with Gasteiger partial charge >= 0.3 is 0 Å². The minimum Gasteiger partial charge on any atom is -0.481 e. The van der Waals surface area contributed by atoms with E-state index in [1.807, 2.05) is 42.5 Å². The Kier molecular flexibility index (Phi) is 8.57. The maximum absolute atomic E-state index is 13.1. The van der Waals surface area contributed by atoms with Crippen molar-refractivity contribution in [2.45, 2.75) is 11.8 Å². The van der Waals surface area contributed by atoms with E-state index in [-0.39, 0.29) is 29.7 Å². The van der Waals surface area contributed by atoms with Crippen LogP contribution in [0, 0.1) is 5.41 Å². The lowest BCUT2D eigenvalue weighted by Crippen LogP contribution is -2.50. The highest BCUT2D eigenvalue weighted by molar-refractivity contribution is 7.89. The molecule has 3 aromatic rings. The van der Waals surface area contributed by atoms with Crippen molar-refractivity contribution in [1.82, 2.24) is 9.21 Å².